The number of carbonyl (C=O) groups is 1. The summed E-state index contributed by atoms with van der Waals surface area (Å²) in [5, 5.41) is 18.9. The molecule has 0 aliphatic heterocycles. The molecule has 1 aromatic rings. The standard InChI is InChI=1S/C12H16O4/c1-2-6-16-12(15)8-11(14)9-4-3-5-10(13)7-9/h3-5,7,11,13-14H,2,6,8H2,1H3. The summed E-state index contributed by atoms with van der Waals surface area (Å²) in [5.41, 5.74) is 0.508. The quantitative estimate of drug-likeness (QED) is 0.748. The van der Waals surface area contributed by atoms with E-state index in [1.165, 1.54) is 12.1 Å². The van der Waals surface area contributed by atoms with Crippen LogP contribution in [0.3, 0.4) is 0 Å². The van der Waals surface area contributed by atoms with Gasteiger partial charge in [-0.1, -0.05) is 19.1 Å². The van der Waals surface area contributed by atoms with E-state index in [2.05, 4.69) is 0 Å². The molecule has 0 aliphatic rings. The summed E-state index contributed by atoms with van der Waals surface area (Å²) in [6, 6.07) is 6.20. The third-order valence-corrected chi connectivity index (χ3v) is 2.08. The zero-order valence-electron chi connectivity index (χ0n) is 9.22. The first-order valence-corrected chi connectivity index (χ1v) is 5.26. The molecule has 88 valence electrons. The van der Waals surface area contributed by atoms with Gasteiger partial charge in [-0.3, -0.25) is 4.79 Å². The second-order valence-corrected chi connectivity index (χ2v) is 3.54. The summed E-state index contributed by atoms with van der Waals surface area (Å²) in [6.45, 7) is 2.27. The molecule has 2 N–H and O–H groups in total. The first-order valence-electron chi connectivity index (χ1n) is 5.26. The molecule has 0 spiro atoms. The molecule has 0 heterocycles. The van der Waals surface area contributed by atoms with Crippen LogP contribution in [-0.4, -0.2) is 22.8 Å². The number of aliphatic hydroxyl groups is 1. The lowest BCUT2D eigenvalue weighted by molar-refractivity contribution is -0.146. The van der Waals surface area contributed by atoms with Gasteiger partial charge < -0.3 is 14.9 Å². The number of phenolic OH excluding ortho intramolecular Hbond substituents is 1. The fraction of sp³-hybridized carbons (Fsp3) is 0.417. The van der Waals surface area contributed by atoms with Gasteiger partial charge in [0, 0.05) is 0 Å². The van der Waals surface area contributed by atoms with Crippen molar-refractivity contribution in [2.45, 2.75) is 25.9 Å². The molecule has 0 saturated carbocycles. The largest absolute Gasteiger partial charge is 0.508 e. The fourth-order valence-corrected chi connectivity index (χ4v) is 1.28. The van der Waals surface area contributed by atoms with Crippen LogP contribution < -0.4 is 0 Å². The van der Waals surface area contributed by atoms with Crippen LogP contribution in [0.25, 0.3) is 0 Å². The minimum atomic E-state index is -0.934. The Labute approximate surface area is 94.5 Å². The highest BCUT2D eigenvalue weighted by Gasteiger charge is 2.14. The Morgan fingerprint density at radius 3 is 2.88 bits per heavy atom. The number of aromatic hydroxyl groups is 1. The molecule has 0 radical (unpaired) electrons. The van der Waals surface area contributed by atoms with Crippen molar-refractivity contribution in [1.29, 1.82) is 0 Å². The molecule has 1 aromatic carbocycles. The highest BCUT2D eigenvalue weighted by Crippen LogP contribution is 2.20. The van der Waals surface area contributed by atoms with Crippen LogP contribution in [0.2, 0.25) is 0 Å². The van der Waals surface area contributed by atoms with Crippen LogP contribution in [0.15, 0.2) is 24.3 Å². The van der Waals surface area contributed by atoms with Gasteiger partial charge in [-0.2, -0.15) is 0 Å². The van der Waals surface area contributed by atoms with Gasteiger partial charge in [-0.05, 0) is 24.1 Å². The van der Waals surface area contributed by atoms with E-state index < -0.39 is 12.1 Å². The smallest absolute Gasteiger partial charge is 0.308 e. The number of hydrogen-bond donors (Lipinski definition) is 2. The number of rotatable bonds is 5. The summed E-state index contributed by atoms with van der Waals surface area (Å²) < 4.78 is 4.85. The Kier molecular flexibility index (Phi) is 4.79. The predicted molar refractivity (Wildman–Crippen MR) is 58.9 cm³/mol. The number of ether oxygens (including phenoxy) is 1. The van der Waals surface area contributed by atoms with Gasteiger partial charge in [-0.25, -0.2) is 0 Å². The number of aliphatic hydroxyl groups excluding tert-OH is 1. The normalized spacial score (nSPS) is 12.1. The molecule has 0 aromatic heterocycles. The Hall–Kier alpha value is -1.55. The van der Waals surface area contributed by atoms with Crippen molar-refractivity contribution < 1.29 is 19.7 Å². The molecule has 4 nitrogen and oxygen atoms in total. The minimum Gasteiger partial charge on any atom is -0.508 e. The van der Waals surface area contributed by atoms with E-state index in [1.54, 1.807) is 12.1 Å². The van der Waals surface area contributed by atoms with Crippen molar-refractivity contribution >= 4 is 5.97 Å². The van der Waals surface area contributed by atoms with Crippen LogP contribution in [0.1, 0.15) is 31.4 Å². The number of phenols is 1. The monoisotopic (exact) mass is 224 g/mol. The van der Waals surface area contributed by atoms with Gasteiger partial charge in [0.2, 0.25) is 0 Å². The van der Waals surface area contributed by atoms with E-state index in [9.17, 15) is 15.0 Å². The molecule has 0 fully saturated rings. The lowest BCUT2D eigenvalue weighted by atomic mass is 10.1. The van der Waals surface area contributed by atoms with Crippen molar-refractivity contribution in [3.05, 3.63) is 29.8 Å². The van der Waals surface area contributed by atoms with Crippen LogP contribution in [0.4, 0.5) is 0 Å². The van der Waals surface area contributed by atoms with Gasteiger partial charge in [0.25, 0.3) is 0 Å². The van der Waals surface area contributed by atoms with Crippen LogP contribution >= 0.6 is 0 Å². The van der Waals surface area contributed by atoms with Crippen LogP contribution in [0, 0.1) is 0 Å². The Balaban J connectivity index is 2.52. The Morgan fingerprint density at radius 2 is 2.25 bits per heavy atom. The molecule has 1 unspecified atom stereocenters. The van der Waals surface area contributed by atoms with E-state index >= 15 is 0 Å². The van der Waals surface area contributed by atoms with Gasteiger partial charge in [0.05, 0.1) is 19.1 Å². The predicted octanol–water partition coefficient (Wildman–Crippen LogP) is 1.77. The van der Waals surface area contributed by atoms with E-state index in [4.69, 9.17) is 4.74 Å². The molecule has 16 heavy (non-hydrogen) atoms. The highest BCUT2D eigenvalue weighted by atomic mass is 16.5. The summed E-state index contributed by atoms with van der Waals surface area (Å²) >= 11 is 0. The van der Waals surface area contributed by atoms with Crippen molar-refractivity contribution in [3.8, 4) is 5.75 Å². The molecular formula is C12H16O4. The minimum absolute atomic E-state index is 0.0680. The number of benzene rings is 1. The van der Waals surface area contributed by atoms with Gasteiger partial charge in [0.15, 0.2) is 0 Å². The second kappa shape index (κ2) is 6.12. The topological polar surface area (TPSA) is 66.8 Å². The maximum atomic E-state index is 11.2. The van der Waals surface area contributed by atoms with Crippen molar-refractivity contribution in [2.24, 2.45) is 0 Å². The third kappa shape index (κ3) is 3.90. The summed E-state index contributed by atoms with van der Waals surface area (Å²) in [5.74, 6) is -0.365. The molecule has 0 amide bonds. The number of carbonyl (C=O) groups excluding carboxylic acids is 1. The second-order valence-electron chi connectivity index (χ2n) is 3.54. The first-order chi connectivity index (χ1) is 7.63. The van der Waals surface area contributed by atoms with Crippen molar-refractivity contribution in [2.75, 3.05) is 6.61 Å². The molecule has 1 rings (SSSR count). The molecule has 4 heteroatoms. The van der Waals surface area contributed by atoms with Crippen LogP contribution in [0.5, 0.6) is 5.75 Å². The van der Waals surface area contributed by atoms with E-state index in [0.717, 1.165) is 6.42 Å². The average molecular weight is 224 g/mol. The summed E-state index contributed by atoms with van der Waals surface area (Å²) in [6.07, 6.45) is -0.270. The Morgan fingerprint density at radius 1 is 1.50 bits per heavy atom. The Bertz CT molecular complexity index is 349. The maximum absolute atomic E-state index is 11.2. The first kappa shape index (κ1) is 12.5. The maximum Gasteiger partial charge on any atom is 0.308 e. The molecule has 1 atom stereocenters. The number of esters is 1. The van der Waals surface area contributed by atoms with E-state index in [1.807, 2.05) is 6.92 Å². The average Bonchev–Trinajstić information content (AvgIpc) is 2.26. The summed E-state index contributed by atoms with van der Waals surface area (Å²) in [4.78, 5) is 11.2. The zero-order chi connectivity index (χ0) is 12.0. The van der Waals surface area contributed by atoms with Crippen molar-refractivity contribution in [3.63, 3.8) is 0 Å². The molecule has 0 bridgehead atoms. The molecular weight excluding hydrogens is 208 g/mol. The number of hydrogen-bond acceptors (Lipinski definition) is 4. The van der Waals surface area contributed by atoms with Crippen LogP contribution in [-0.2, 0) is 9.53 Å². The van der Waals surface area contributed by atoms with Gasteiger partial charge >= 0.3 is 5.97 Å². The van der Waals surface area contributed by atoms with Gasteiger partial charge in [-0.15, -0.1) is 0 Å². The van der Waals surface area contributed by atoms with Crippen molar-refractivity contribution in [1.82, 2.24) is 0 Å². The van der Waals surface area contributed by atoms with E-state index in [-0.39, 0.29) is 12.2 Å². The molecule has 0 aliphatic carbocycles. The van der Waals surface area contributed by atoms with E-state index in [0.29, 0.717) is 12.2 Å². The summed E-state index contributed by atoms with van der Waals surface area (Å²) in [7, 11) is 0. The third-order valence-electron chi connectivity index (χ3n) is 2.08. The van der Waals surface area contributed by atoms with Gasteiger partial charge in [0.1, 0.15) is 5.75 Å². The lowest BCUT2D eigenvalue weighted by Crippen LogP contribution is -2.10. The SMILES string of the molecule is CCCOC(=O)CC(O)c1cccc(O)c1. The molecule has 0 saturated heterocycles. The highest BCUT2D eigenvalue weighted by molar-refractivity contribution is 5.70. The zero-order valence-corrected chi connectivity index (χ0v) is 9.22. The fourth-order valence-electron chi connectivity index (χ4n) is 1.28. The lowest BCUT2D eigenvalue weighted by Gasteiger charge is -2.10.